The predicted octanol–water partition coefficient (Wildman–Crippen LogP) is 11.7. The molecule has 2 aliphatic carbocycles. The van der Waals surface area contributed by atoms with Crippen LogP contribution < -0.4 is 0 Å². The van der Waals surface area contributed by atoms with Crippen molar-refractivity contribution in [2.45, 2.75) is 167 Å². The Bertz CT molecular complexity index is 2660. The van der Waals surface area contributed by atoms with Gasteiger partial charge in [0, 0.05) is 11.1 Å². The van der Waals surface area contributed by atoms with Crippen molar-refractivity contribution in [3.63, 3.8) is 0 Å². The second-order valence-corrected chi connectivity index (χ2v) is 21.5. The fourth-order valence-corrected chi connectivity index (χ4v) is 10.5. The minimum atomic E-state index is -3.89. The van der Waals surface area contributed by atoms with E-state index < -0.39 is 32.8 Å². The summed E-state index contributed by atoms with van der Waals surface area (Å²) >= 11 is 0. The van der Waals surface area contributed by atoms with E-state index in [1.54, 1.807) is 38.1 Å². The third kappa shape index (κ3) is 15.0. The van der Waals surface area contributed by atoms with E-state index in [0.29, 0.717) is 37.8 Å². The second kappa shape index (κ2) is 23.9. The molecule has 70 heavy (non-hydrogen) atoms. The maximum Gasteiger partial charge on any atom is 0.299 e. The molecule has 2 saturated carbocycles. The molecule has 6 atom stereocenters. The molecule has 4 aromatic carbocycles. The van der Waals surface area contributed by atoms with Crippen molar-refractivity contribution >= 4 is 20.2 Å². The van der Waals surface area contributed by atoms with E-state index in [1.807, 2.05) is 90.1 Å². The lowest BCUT2D eigenvalue weighted by atomic mass is 9.95. The topological polar surface area (TPSA) is 176 Å². The summed E-state index contributed by atoms with van der Waals surface area (Å²) in [5.74, 6) is 2.67. The highest BCUT2D eigenvalue weighted by atomic mass is 32.2. The SMILES string of the molecule is Cc1ccc(S(=O)(=O)OC(C)OC2CCCC(OCc3nc(-c4cccc(C)c4)oc3C)C2)cc1.Cc1ccc(S(=O)(=O)OC(C)OC2CCCC(OCc3nc(-c4cccc(C)c4)oc3C)C2)cc1. The molecule has 376 valence electrons. The number of rotatable bonds is 18. The molecular weight excluding hydrogens is 933 g/mol. The normalized spacial score (nSPS) is 19.5. The molecule has 16 heteroatoms. The second-order valence-electron chi connectivity index (χ2n) is 18.4. The van der Waals surface area contributed by atoms with Gasteiger partial charge in [0.2, 0.25) is 11.8 Å². The summed E-state index contributed by atoms with van der Waals surface area (Å²) in [5.41, 5.74) is 7.71. The number of hydrogen-bond acceptors (Lipinski definition) is 14. The number of aryl methyl sites for hydroxylation is 6. The van der Waals surface area contributed by atoms with E-state index in [-0.39, 0.29) is 34.2 Å². The van der Waals surface area contributed by atoms with Crippen molar-refractivity contribution in [2.24, 2.45) is 0 Å². The zero-order valence-corrected chi connectivity index (χ0v) is 43.0. The molecule has 0 N–H and O–H groups in total. The third-order valence-electron chi connectivity index (χ3n) is 12.3. The largest absolute Gasteiger partial charge is 0.441 e. The van der Waals surface area contributed by atoms with Gasteiger partial charge in [0.05, 0.1) is 47.4 Å². The van der Waals surface area contributed by atoms with Gasteiger partial charge in [-0.05, 0) is 155 Å². The maximum absolute atomic E-state index is 12.5. The van der Waals surface area contributed by atoms with Crippen LogP contribution >= 0.6 is 0 Å². The number of ether oxygens (including phenoxy) is 4. The molecule has 2 aliphatic rings. The Morgan fingerprint density at radius 2 is 0.886 bits per heavy atom. The van der Waals surface area contributed by atoms with Gasteiger partial charge in [0.25, 0.3) is 20.2 Å². The number of oxazole rings is 2. The van der Waals surface area contributed by atoms with Crippen LogP contribution in [0.1, 0.15) is 110 Å². The van der Waals surface area contributed by atoms with Crippen LogP contribution in [0.5, 0.6) is 0 Å². The number of aromatic nitrogens is 2. The molecule has 0 spiro atoms. The Hall–Kier alpha value is -5.04. The van der Waals surface area contributed by atoms with Crippen LogP contribution in [-0.4, -0.2) is 63.8 Å². The Morgan fingerprint density at radius 3 is 1.26 bits per heavy atom. The van der Waals surface area contributed by atoms with Crippen molar-refractivity contribution in [2.75, 3.05) is 0 Å². The van der Waals surface area contributed by atoms with E-state index in [4.69, 9.17) is 36.1 Å². The molecule has 2 heterocycles. The molecule has 2 aromatic heterocycles. The standard InChI is InChI=1S/2C27H33NO6S/c2*1-18-11-13-25(14-12-18)35(29,30)34-21(4)33-24-10-6-9-23(16-24)31-17-26-20(3)32-27(28-26)22-8-5-7-19(2)15-22/h2*5,7-8,11-15,21,23-24H,6,9-10,16-17H2,1-4H3. The van der Waals surface area contributed by atoms with E-state index in [1.165, 1.54) is 24.3 Å². The quantitative estimate of drug-likeness (QED) is 0.0587. The van der Waals surface area contributed by atoms with Gasteiger partial charge in [-0.15, -0.1) is 0 Å². The first-order chi connectivity index (χ1) is 33.4. The highest BCUT2D eigenvalue weighted by molar-refractivity contribution is 7.87. The van der Waals surface area contributed by atoms with E-state index in [0.717, 1.165) is 94.8 Å². The monoisotopic (exact) mass is 998 g/mol. The highest BCUT2D eigenvalue weighted by Crippen LogP contribution is 2.31. The fraction of sp³-hybridized carbons (Fsp3) is 0.444. The molecule has 0 aliphatic heterocycles. The Kier molecular flexibility index (Phi) is 18.0. The number of hydrogen-bond donors (Lipinski definition) is 0. The summed E-state index contributed by atoms with van der Waals surface area (Å²) in [6.07, 6.45) is 4.61. The van der Waals surface area contributed by atoms with Crippen molar-refractivity contribution in [3.8, 4) is 22.9 Å². The van der Waals surface area contributed by atoms with Gasteiger partial charge in [-0.1, -0.05) is 70.8 Å². The van der Waals surface area contributed by atoms with Gasteiger partial charge in [-0.2, -0.15) is 16.8 Å². The molecular formula is C54H66N2O12S2. The van der Waals surface area contributed by atoms with Crippen LogP contribution in [0, 0.1) is 41.5 Å². The van der Waals surface area contributed by atoms with Crippen LogP contribution in [0.15, 0.2) is 116 Å². The fourth-order valence-electron chi connectivity index (χ4n) is 8.54. The Labute approximate surface area is 413 Å². The molecule has 2 fully saturated rings. The molecule has 8 rings (SSSR count). The lowest BCUT2D eigenvalue weighted by molar-refractivity contribution is -0.134. The summed E-state index contributed by atoms with van der Waals surface area (Å²) in [5, 5.41) is 0. The summed E-state index contributed by atoms with van der Waals surface area (Å²) < 4.78 is 96.6. The zero-order chi connectivity index (χ0) is 50.0. The maximum atomic E-state index is 12.5. The van der Waals surface area contributed by atoms with E-state index in [2.05, 4.69) is 9.97 Å². The van der Waals surface area contributed by atoms with Crippen LogP contribution in [-0.2, 0) is 60.8 Å². The minimum absolute atomic E-state index is 0.00632. The average molecular weight is 999 g/mol. The summed E-state index contributed by atoms with van der Waals surface area (Å²) in [6.45, 7) is 15.6. The lowest BCUT2D eigenvalue weighted by Gasteiger charge is -2.30. The first-order valence-electron chi connectivity index (χ1n) is 24.0. The molecule has 6 unspecified atom stereocenters. The smallest absolute Gasteiger partial charge is 0.299 e. The predicted molar refractivity (Wildman–Crippen MR) is 264 cm³/mol. The first-order valence-corrected chi connectivity index (χ1v) is 26.8. The molecule has 0 amide bonds. The summed E-state index contributed by atoms with van der Waals surface area (Å²) in [4.78, 5) is 9.52. The van der Waals surface area contributed by atoms with Crippen molar-refractivity contribution in [1.29, 1.82) is 0 Å². The third-order valence-corrected chi connectivity index (χ3v) is 15.0. The number of nitrogens with zero attached hydrogens (tertiary/aromatic N) is 2. The van der Waals surface area contributed by atoms with Crippen molar-refractivity contribution in [3.05, 3.63) is 142 Å². The van der Waals surface area contributed by atoms with Gasteiger partial charge in [-0.25, -0.2) is 18.3 Å². The highest BCUT2D eigenvalue weighted by Gasteiger charge is 2.30. The van der Waals surface area contributed by atoms with Gasteiger partial charge in [0.15, 0.2) is 12.6 Å². The van der Waals surface area contributed by atoms with Gasteiger partial charge in [0.1, 0.15) is 22.9 Å². The molecule has 0 saturated heterocycles. The minimum Gasteiger partial charge on any atom is -0.441 e. The van der Waals surface area contributed by atoms with Gasteiger partial charge < -0.3 is 27.8 Å². The molecule has 14 nitrogen and oxygen atoms in total. The lowest BCUT2D eigenvalue weighted by Crippen LogP contribution is -2.32. The van der Waals surface area contributed by atoms with E-state index >= 15 is 0 Å². The molecule has 0 radical (unpaired) electrons. The zero-order valence-electron chi connectivity index (χ0n) is 41.4. The summed E-state index contributed by atoms with van der Waals surface area (Å²) in [6, 6.07) is 29.2. The molecule has 6 aromatic rings. The van der Waals surface area contributed by atoms with Crippen molar-refractivity contribution < 1.29 is 53.0 Å². The van der Waals surface area contributed by atoms with Crippen LogP contribution in [0.4, 0.5) is 0 Å². The van der Waals surface area contributed by atoms with Crippen LogP contribution in [0.3, 0.4) is 0 Å². The van der Waals surface area contributed by atoms with E-state index in [9.17, 15) is 16.8 Å². The van der Waals surface area contributed by atoms with Crippen LogP contribution in [0.25, 0.3) is 22.9 Å². The van der Waals surface area contributed by atoms with Crippen LogP contribution in [0.2, 0.25) is 0 Å². The van der Waals surface area contributed by atoms with Crippen molar-refractivity contribution in [1.82, 2.24) is 9.97 Å². The number of benzene rings is 4. The Morgan fingerprint density at radius 1 is 0.514 bits per heavy atom. The summed E-state index contributed by atoms with van der Waals surface area (Å²) in [7, 11) is -7.78. The average Bonchev–Trinajstić information content (AvgIpc) is 3.88. The van der Waals surface area contributed by atoms with Gasteiger partial charge in [-0.3, -0.25) is 0 Å². The Balaban J connectivity index is 0.000000206. The first kappa shape index (κ1) is 52.8. The molecule has 0 bridgehead atoms. The van der Waals surface area contributed by atoms with Gasteiger partial charge >= 0.3 is 0 Å².